The SMILES string of the molecule is COc1cncc2c1C1(O)C(O)C(CN3CCOCC3)C(c3ccccc3)C1(c1ccc(C(F)(F)F)cc1)O2. The molecule has 3 aromatic rings. The van der Waals surface area contributed by atoms with Gasteiger partial charge in [0.15, 0.2) is 11.2 Å². The predicted molar refractivity (Wildman–Crippen MR) is 134 cm³/mol. The van der Waals surface area contributed by atoms with Gasteiger partial charge in [-0.15, -0.1) is 0 Å². The number of aliphatic hydroxyl groups excluding tert-OH is 1. The van der Waals surface area contributed by atoms with E-state index in [2.05, 4.69) is 9.88 Å². The van der Waals surface area contributed by atoms with Crippen molar-refractivity contribution in [3.05, 3.63) is 89.2 Å². The van der Waals surface area contributed by atoms with Crippen LogP contribution in [0.5, 0.6) is 11.5 Å². The van der Waals surface area contributed by atoms with Gasteiger partial charge in [-0.25, -0.2) is 0 Å². The summed E-state index contributed by atoms with van der Waals surface area (Å²) in [5.41, 5.74) is -3.22. The van der Waals surface area contributed by atoms with Gasteiger partial charge in [0.05, 0.1) is 49.9 Å². The molecule has 0 bridgehead atoms. The molecule has 7 nitrogen and oxygen atoms in total. The van der Waals surface area contributed by atoms with Gasteiger partial charge in [0.25, 0.3) is 0 Å². The number of hydrogen-bond acceptors (Lipinski definition) is 7. The van der Waals surface area contributed by atoms with E-state index in [-0.39, 0.29) is 17.1 Å². The number of rotatable bonds is 5. The lowest BCUT2D eigenvalue weighted by molar-refractivity contribution is -0.153. The lowest BCUT2D eigenvalue weighted by Gasteiger charge is -2.41. The molecule has 0 radical (unpaired) electrons. The summed E-state index contributed by atoms with van der Waals surface area (Å²) in [6.07, 6.45) is -3.02. The highest BCUT2D eigenvalue weighted by molar-refractivity contribution is 5.59. The molecule has 39 heavy (non-hydrogen) atoms. The first kappa shape index (κ1) is 26.1. The number of aliphatic hydroxyl groups is 2. The number of benzene rings is 2. The van der Waals surface area contributed by atoms with Gasteiger partial charge in [-0.3, -0.25) is 9.88 Å². The highest BCUT2D eigenvalue weighted by Gasteiger charge is 2.76. The monoisotopic (exact) mass is 542 g/mol. The highest BCUT2D eigenvalue weighted by atomic mass is 19.4. The molecule has 206 valence electrons. The van der Waals surface area contributed by atoms with Gasteiger partial charge in [-0.05, 0) is 23.3 Å². The molecule has 1 aromatic heterocycles. The number of nitrogens with zero attached hydrogens (tertiary/aromatic N) is 2. The third kappa shape index (κ3) is 3.84. The van der Waals surface area contributed by atoms with Gasteiger partial charge in [-0.2, -0.15) is 13.2 Å². The van der Waals surface area contributed by atoms with E-state index in [0.29, 0.717) is 38.4 Å². The maximum Gasteiger partial charge on any atom is 0.416 e. The van der Waals surface area contributed by atoms with Gasteiger partial charge in [0.1, 0.15) is 11.5 Å². The minimum absolute atomic E-state index is 0.210. The molecular weight excluding hydrogens is 513 g/mol. The standard InChI is InChI=1S/C29H29F3N2O5/c1-37-22-15-33-16-23-25(22)27(36)26(35)21(17-34-11-13-38-14-12-34)24(18-5-3-2-4-6-18)28(27,39-23)19-7-9-20(10-8-19)29(30,31)32/h2-10,15-16,21,24,26,35-36H,11-14,17H2,1H3. The number of morpholine rings is 1. The van der Waals surface area contributed by atoms with Crippen LogP contribution in [0.1, 0.15) is 28.2 Å². The summed E-state index contributed by atoms with van der Waals surface area (Å²) in [5, 5.41) is 24.9. The van der Waals surface area contributed by atoms with Crippen molar-refractivity contribution in [1.82, 2.24) is 9.88 Å². The molecule has 5 atom stereocenters. The van der Waals surface area contributed by atoms with E-state index in [0.717, 1.165) is 17.7 Å². The Morgan fingerprint density at radius 1 is 1.05 bits per heavy atom. The first-order valence-corrected chi connectivity index (χ1v) is 12.9. The molecule has 1 saturated carbocycles. The summed E-state index contributed by atoms with van der Waals surface area (Å²) in [4.78, 5) is 6.35. The van der Waals surface area contributed by atoms with Crippen LogP contribution in [0, 0.1) is 5.92 Å². The smallest absolute Gasteiger partial charge is 0.416 e. The lowest BCUT2D eigenvalue weighted by Crippen LogP contribution is -2.52. The number of aromatic nitrogens is 1. The molecule has 2 fully saturated rings. The number of halogens is 3. The molecule has 6 rings (SSSR count). The average molecular weight is 543 g/mol. The first-order chi connectivity index (χ1) is 18.7. The quantitative estimate of drug-likeness (QED) is 0.509. The Bertz CT molecular complexity index is 1330. The van der Waals surface area contributed by atoms with Crippen LogP contribution in [0.15, 0.2) is 67.0 Å². The minimum atomic E-state index is -4.54. The summed E-state index contributed by atoms with van der Waals surface area (Å²) in [5.74, 6) is -0.762. The van der Waals surface area contributed by atoms with Crippen molar-refractivity contribution < 1.29 is 37.6 Å². The molecular formula is C29H29F3N2O5. The summed E-state index contributed by atoms with van der Waals surface area (Å²) >= 11 is 0. The van der Waals surface area contributed by atoms with Gasteiger partial charge < -0.3 is 24.4 Å². The average Bonchev–Trinajstić information content (AvgIpc) is 3.32. The third-order valence-corrected chi connectivity index (χ3v) is 8.39. The van der Waals surface area contributed by atoms with Gasteiger partial charge in [0, 0.05) is 31.5 Å². The molecule has 5 unspecified atom stereocenters. The van der Waals surface area contributed by atoms with Crippen LogP contribution in [-0.4, -0.2) is 66.2 Å². The second kappa shape index (κ2) is 9.48. The zero-order chi connectivity index (χ0) is 27.4. The Balaban J connectivity index is 1.60. The number of alkyl halides is 3. The van der Waals surface area contributed by atoms with Crippen LogP contribution >= 0.6 is 0 Å². The fraction of sp³-hybridized carbons (Fsp3) is 0.414. The molecule has 2 aliphatic heterocycles. The fourth-order valence-electron chi connectivity index (χ4n) is 6.72. The topological polar surface area (TPSA) is 84.3 Å². The van der Waals surface area contributed by atoms with Gasteiger partial charge in [0.2, 0.25) is 0 Å². The fourth-order valence-corrected chi connectivity index (χ4v) is 6.72. The van der Waals surface area contributed by atoms with Crippen LogP contribution in [-0.2, 0) is 22.1 Å². The maximum atomic E-state index is 13.5. The molecule has 2 N–H and O–H groups in total. The summed E-state index contributed by atoms with van der Waals surface area (Å²) in [6, 6.07) is 14.0. The molecule has 10 heteroatoms. The van der Waals surface area contributed by atoms with Crippen molar-refractivity contribution in [2.24, 2.45) is 5.92 Å². The largest absolute Gasteiger partial charge is 0.495 e. The Kier molecular flexibility index (Phi) is 6.33. The molecule has 0 amide bonds. The van der Waals surface area contributed by atoms with E-state index in [1.165, 1.54) is 31.6 Å². The molecule has 3 heterocycles. The minimum Gasteiger partial charge on any atom is -0.495 e. The first-order valence-electron chi connectivity index (χ1n) is 12.9. The zero-order valence-corrected chi connectivity index (χ0v) is 21.3. The van der Waals surface area contributed by atoms with Crippen molar-refractivity contribution in [2.45, 2.75) is 29.4 Å². The number of hydrogen-bond donors (Lipinski definition) is 2. The van der Waals surface area contributed by atoms with E-state index < -0.39 is 40.9 Å². The predicted octanol–water partition coefficient (Wildman–Crippen LogP) is 3.69. The highest BCUT2D eigenvalue weighted by Crippen LogP contribution is 2.69. The Hall–Kier alpha value is -3.18. The van der Waals surface area contributed by atoms with Crippen LogP contribution in [0.4, 0.5) is 13.2 Å². The third-order valence-electron chi connectivity index (χ3n) is 8.39. The zero-order valence-electron chi connectivity index (χ0n) is 21.3. The molecule has 1 saturated heterocycles. The number of pyridine rings is 1. The Morgan fingerprint density at radius 2 is 1.74 bits per heavy atom. The summed E-state index contributed by atoms with van der Waals surface area (Å²) in [6.45, 7) is 2.82. The second-order valence-corrected chi connectivity index (χ2v) is 10.3. The second-order valence-electron chi connectivity index (χ2n) is 10.3. The van der Waals surface area contributed by atoms with Gasteiger partial charge >= 0.3 is 6.18 Å². The molecule has 2 aromatic carbocycles. The van der Waals surface area contributed by atoms with Crippen molar-refractivity contribution in [1.29, 1.82) is 0 Å². The van der Waals surface area contributed by atoms with E-state index in [9.17, 15) is 23.4 Å². The van der Waals surface area contributed by atoms with Crippen LogP contribution in [0.3, 0.4) is 0 Å². The van der Waals surface area contributed by atoms with Crippen molar-refractivity contribution in [3.8, 4) is 11.5 Å². The Morgan fingerprint density at radius 3 is 2.38 bits per heavy atom. The van der Waals surface area contributed by atoms with Gasteiger partial charge in [-0.1, -0.05) is 42.5 Å². The maximum absolute atomic E-state index is 13.5. The Labute approximate surface area is 223 Å². The van der Waals surface area contributed by atoms with Crippen LogP contribution < -0.4 is 9.47 Å². The summed E-state index contributed by atoms with van der Waals surface area (Å²) < 4.78 is 58.3. The van der Waals surface area contributed by atoms with E-state index in [4.69, 9.17) is 14.2 Å². The number of ether oxygens (including phenoxy) is 3. The molecule has 3 aliphatic rings. The van der Waals surface area contributed by atoms with Crippen LogP contribution in [0.2, 0.25) is 0 Å². The number of methoxy groups -OCH3 is 1. The molecule has 0 spiro atoms. The summed E-state index contributed by atoms with van der Waals surface area (Å²) in [7, 11) is 1.43. The molecule has 1 aliphatic carbocycles. The normalized spacial score (nSPS) is 30.5. The lowest BCUT2D eigenvalue weighted by atomic mass is 9.70. The van der Waals surface area contributed by atoms with Crippen molar-refractivity contribution >= 4 is 0 Å². The number of fused-ring (bicyclic) bond motifs is 3. The van der Waals surface area contributed by atoms with Crippen molar-refractivity contribution in [3.63, 3.8) is 0 Å². The van der Waals surface area contributed by atoms with Crippen molar-refractivity contribution in [2.75, 3.05) is 40.0 Å². The van der Waals surface area contributed by atoms with E-state index in [1.54, 1.807) is 0 Å². The van der Waals surface area contributed by atoms with Crippen LogP contribution in [0.25, 0.3) is 0 Å². The van der Waals surface area contributed by atoms with E-state index >= 15 is 0 Å². The van der Waals surface area contributed by atoms with E-state index in [1.807, 2.05) is 30.3 Å².